The van der Waals surface area contributed by atoms with Crippen molar-refractivity contribution in [2.24, 2.45) is 5.73 Å². The van der Waals surface area contributed by atoms with Crippen LogP contribution in [0.25, 0.3) is 5.57 Å². The summed E-state index contributed by atoms with van der Waals surface area (Å²) in [6, 6.07) is 15.8. The minimum absolute atomic E-state index is 0.484. The second-order valence-electron chi connectivity index (χ2n) is 3.85. The Kier molecular flexibility index (Phi) is 3.62. The van der Waals surface area contributed by atoms with Gasteiger partial charge in [0.1, 0.15) is 0 Å². The maximum Gasteiger partial charge on any atom is 0.0412 e. The molecule has 0 aliphatic rings. The molecule has 2 aromatic rings. The average Bonchev–Trinajstić information content (AvgIpc) is 2.39. The van der Waals surface area contributed by atoms with E-state index in [9.17, 15) is 0 Å². The van der Waals surface area contributed by atoms with Crippen LogP contribution < -0.4 is 5.73 Å². The first kappa shape index (κ1) is 11.9. The molecule has 0 aliphatic carbocycles. The Morgan fingerprint density at radius 3 is 2.47 bits per heavy atom. The molecule has 2 heteroatoms. The molecule has 0 spiro atoms. The quantitative estimate of drug-likeness (QED) is 0.871. The summed E-state index contributed by atoms with van der Waals surface area (Å²) in [5.41, 5.74) is 9.85. The SMILES string of the molecule is C=C(c1ccccc1)c1cc(Cl)ccc1CN. The van der Waals surface area contributed by atoms with Gasteiger partial charge in [-0.25, -0.2) is 0 Å². The van der Waals surface area contributed by atoms with Crippen LogP contribution in [0, 0.1) is 0 Å². The molecular formula is C15H14ClN. The van der Waals surface area contributed by atoms with Gasteiger partial charge in [-0.2, -0.15) is 0 Å². The third-order valence-electron chi connectivity index (χ3n) is 2.74. The second kappa shape index (κ2) is 5.17. The number of hydrogen-bond acceptors (Lipinski definition) is 1. The zero-order valence-corrected chi connectivity index (χ0v) is 10.2. The highest BCUT2D eigenvalue weighted by Crippen LogP contribution is 2.27. The van der Waals surface area contributed by atoms with Crippen molar-refractivity contribution < 1.29 is 0 Å². The van der Waals surface area contributed by atoms with Crippen LogP contribution in [0.15, 0.2) is 55.1 Å². The number of nitrogens with two attached hydrogens (primary N) is 1. The van der Waals surface area contributed by atoms with Gasteiger partial charge in [-0.1, -0.05) is 54.6 Å². The first-order valence-electron chi connectivity index (χ1n) is 5.45. The van der Waals surface area contributed by atoms with E-state index in [4.69, 9.17) is 17.3 Å². The highest BCUT2D eigenvalue weighted by molar-refractivity contribution is 6.30. The minimum atomic E-state index is 0.484. The normalized spacial score (nSPS) is 10.2. The molecule has 2 aromatic carbocycles. The summed E-state index contributed by atoms with van der Waals surface area (Å²) < 4.78 is 0. The van der Waals surface area contributed by atoms with E-state index in [0.717, 1.165) is 22.3 Å². The topological polar surface area (TPSA) is 26.0 Å². The summed E-state index contributed by atoms with van der Waals surface area (Å²) in [6.45, 7) is 4.62. The number of rotatable bonds is 3. The Balaban J connectivity index is 2.47. The van der Waals surface area contributed by atoms with Crippen molar-refractivity contribution in [2.45, 2.75) is 6.54 Å². The molecule has 0 unspecified atom stereocenters. The fourth-order valence-corrected chi connectivity index (χ4v) is 1.97. The molecule has 17 heavy (non-hydrogen) atoms. The molecule has 2 rings (SSSR count). The maximum atomic E-state index is 6.02. The monoisotopic (exact) mass is 243 g/mol. The smallest absolute Gasteiger partial charge is 0.0412 e. The lowest BCUT2D eigenvalue weighted by Crippen LogP contribution is -2.01. The lowest BCUT2D eigenvalue weighted by atomic mass is 9.95. The van der Waals surface area contributed by atoms with Gasteiger partial charge >= 0.3 is 0 Å². The van der Waals surface area contributed by atoms with E-state index in [1.807, 2.05) is 48.5 Å². The molecule has 86 valence electrons. The summed E-state index contributed by atoms with van der Waals surface area (Å²) in [7, 11) is 0. The largest absolute Gasteiger partial charge is 0.326 e. The molecule has 0 radical (unpaired) electrons. The van der Waals surface area contributed by atoms with E-state index in [1.165, 1.54) is 0 Å². The van der Waals surface area contributed by atoms with Crippen LogP contribution in [0.4, 0.5) is 0 Å². The molecule has 0 heterocycles. The van der Waals surface area contributed by atoms with Crippen LogP contribution in [-0.2, 0) is 6.54 Å². The summed E-state index contributed by atoms with van der Waals surface area (Å²) in [5.74, 6) is 0. The van der Waals surface area contributed by atoms with Crippen molar-refractivity contribution in [3.05, 3.63) is 76.8 Å². The van der Waals surface area contributed by atoms with Crippen molar-refractivity contribution in [2.75, 3.05) is 0 Å². The Hall–Kier alpha value is -1.57. The van der Waals surface area contributed by atoms with Gasteiger partial charge in [0.25, 0.3) is 0 Å². The van der Waals surface area contributed by atoms with Crippen molar-refractivity contribution in [3.63, 3.8) is 0 Å². The molecule has 0 atom stereocenters. The molecule has 0 saturated heterocycles. The maximum absolute atomic E-state index is 6.02. The third-order valence-corrected chi connectivity index (χ3v) is 2.97. The molecule has 0 bridgehead atoms. The molecule has 0 fully saturated rings. The van der Waals surface area contributed by atoms with Crippen LogP contribution >= 0.6 is 11.6 Å². The van der Waals surface area contributed by atoms with E-state index in [-0.39, 0.29) is 0 Å². The lowest BCUT2D eigenvalue weighted by molar-refractivity contribution is 1.06. The molecule has 2 N–H and O–H groups in total. The van der Waals surface area contributed by atoms with Gasteiger partial charge in [0.05, 0.1) is 0 Å². The third kappa shape index (κ3) is 2.57. The molecule has 0 aromatic heterocycles. The van der Waals surface area contributed by atoms with Gasteiger partial charge in [-0.3, -0.25) is 0 Å². The minimum Gasteiger partial charge on any atom is -0.326 e. The van der Waals surface area contributed by atoms with E-state index in [0.29, 0.717) is 11.6 Å². The summed E-state index contributed by atoms with van der Waals surface area (Å²) in [4.78, 5) is 0. The Morgan fingerprint density at radius 2 is 1.82 bits per heavy atom. The number of benzene rings is 2. The van der Waals surface area contributed by atoms with Gasteiger partial charge in [-0.05, 0) is 34.4 Å². The van der Waals surface area contributed by atoms with E-state index in [2.05, 4.69) is 6.58 Å². The van der Waals surface area contributed by atoms with Gasteiger partial charge in [0, 0.05) is 11.6 Å². The van der Waals surface area contributed by atoms with Crippen molar-refractivity contribution in [1.29, 1.82) is 0 Å². The van der Waals surface area contributed by atoms with Crippen molar-refractivity contribution in [1.82, 2.24) is 0 Å². The van der Waals surface area contributed by atoms with Crippen LogP contribution in [0.2, 0.25) is 5.02 Å². The van der Waals surface area contributed by atoms with Crippen LogP contribution in [0.1, 0.15) is 16.7 Å². The highest BCUT2D eigenvalue weighted by atomic mass is 35.5. The summed E-state index contributed by atoms with van der Waals surface area (Å²) >= 11 is 6.02. The first-order valence-corrected chi connectivity index (χ1v) is 5.83. The Morgan fingerprint density at radius 1 is 1.12 bits per heavy atom. The fourth-order valence-electron chi connectivity index (χ4n) is 1.80. The first-order chi connectivity index (χ1) is 8.22. The van der Waals surface area contributed by atoms with Crippen LogP contribution in [-0.4, -0.2) is 0 Å². The van der Waals surface area contributed by atoms with Crippen molar-refractivity contribution in [3.8, 4) is 0 Å². The van der Waals surface area contributed by atoms with E-state index in [1.54, 1.807) is 0 Å². The molecule has 0 aliphatic heterocycles. The van der Waals surface area contributed by atoms with Crippen molar-refractivity contribution >= 4 is 17.2 Å². The van der Waals surface area contributed by atoms with Gasteiger partial charge < -0.3 is 5.73 Å². The zero-order valence-electron chi connectivity index (χ0n) is 9.49. The predicted octanol–water partition coefficient (Wildman–Crippen LogP) is 3.86. The highest BCUT2D eigenvalue weighted by Gasteiger charge is 2.07. The molecule has 0 amide bonds. The summed E-state index contributed by atoms with van der Waals surface area (Å²) in [5, 5.41) is 0.703. The predicted molar refractivity (Wildman–Crippen MR) is 73.9 cm³/mol. The van der Waals surface area contributed by atoms with E-state index >= 15 is 0 Å². The summed E-state index contributed by atoms with van der Waals surface area (Å²) in [6.07, 6.45) is 0. The number of hydrogen-bond donors (Lipinski definition) is 1. The van der Waals surface area contributed by atoms with E-state index < -0.39 is 0 Å². The molecule has 1 nitrogen and oxygen atoms in total. The zero-order chi connectivity index (χ0) is 12.3. The number of halogens is 1. The van der Waals surface area contributed by atoms with Gasteiger partial charge in [0.15, 0.2) is 0 Å². The second-order valence-corrected chi connectivity index (χ2v) is 4.29. The lowest BCUT2D eigenvalue weighted by Gasteiger charge is -2.11. The van der Waals surface area contributed by atoms with Gasteiger partial charge in [-0.15, -0.1) is 0 Å². The fraction of sp³-hybridized carbons (Fsp3) is 0.0667. The van der Waals surface area contributed by atoms with Gasteiger partial charge in [0.2, 0.25) is 0 Å². The molecule has 0 saturated carbocycles. The molecular weight excluding hydrogens is 230 g/mol. The van der Waals surface area contributed by atoms with Crippen LogP contribution in [0.5, 0.6) is 0 Å². The average molecular weight is 244 g/mol. The Bertz CT molecular complexity index is 532. The standard InChI is InChI=1S/C15H14ClN/c1-11(12-5-3-2-4-6-12)15-9-14(16)8-7-13(15)10-17/h2-9H,1,10,17H2. The Labute approximate surface area is 107 Å². The van der Waals surface area contributed by atoms with Crippen LogP contribution in [0.3, 0.4) is 0 Å².